The molecule has 22 heavy (non-hydrogen) atoms. The lowest BCUT2D eigenvalue weighted by Crippen LogP contribution is -2.28. The Labute approximate surface area is 128 Å². The highest BCUT2D eigenvalue weighted by Gasteiger charge is 2.08. The minimum atomic E-state index is -0.202. The zero-order valence-corrected chi connectivity index (χ0v) is 12.3. The predicted octanol–water partition coefficient (Wildman–Crippen LogP) is 2.68. The van der Waals surface area contributed by atoms with Crippen molar-refractivity contribution in [2.75, 3.05) is 13.2 Å². The van der Waals surface area contributed by atoms with E-state index < -0.39 is 0 Å². The van der Waals surface area contributed by atoms with Gasteiger partial charge in [0.25, 0.3) is 5.91 Å². The van der Waals surface area contributed by atoms with Gasteiger partial charge in [-0.25, -0.2) is 0 Å². The van der Waals surface area contributed by atoms with E-state index in [1.807, 2.05) is 43.3 Å². The lowest BCUT2D eigenvalue weighted by atomic mass is 10.1. The second-order valence-electron chi connectivity index (χ2n) is 5.05. The molecule has 0 aliphatic heterocycles. The number of aromatic amines is 1. The SMILES string of the molecule is Cc1cc(C(=O)NCCOc2ccc3ccccc3c2)n[nH]1. The molecule has 0 radical (unpaired) electrons. The number of rotatable bonds is 5. The summed E-state index contributed by atoms with van der Waals surface area (Å²) in [6.45, 7) is 2.69. The maximum absolute atomic E-state index is 11.8. The molecule has 0 unspecified atom stereocenters. The van der Waals surface area contributed by atoms with Gasteiger partial charge < -0.3 is 10.1 Å². The Morgan fingerprint density at radius 3 is 2.77 bits per heavy atom. The summed E-state index contributed by atoms with van der Waals surface area (Å²) in [5.74, 6) is 0.593. The van der Waals surface area contributed by atoms with E-state index in [0.29, 0.717) is 18.8 Å². The number of carbonyl (C=O) groups excluding carboxylic acids is 1. The van der Waals surface area contributed by atoms with Crippen LogP contribution in [0.2, 0.25) is 0 Å². The third kappa shape index (κ3) is 3.25. The molecule has 3 aromatic rings. The Bertz CT molecular complexity index is 795. The van der Waals surface area contributed by atoms with E-state index in [1.165, 1.54) is 5.39 Å². The van der Waals surface area contributed by atoms with Crippen LogP contribution in [0.5, 0.6) is 5.75 Å². The van der Waals surface area contributed by atoms with Crippen LogP contribution in [-0.4, -0.2) is 29.3 Å². The van der Waals surface area contributed by atoms with Crippen LogP contribution in [0.25, 0.3) is 10.8 Å². The first-order valence-corrected chi connectivity index (χ1v) is 7.14. The van der Waals surface area contributed by atoms with Gasteiger partial charge in [0.2, 0.25) is 0 Å². The van der Waals surface area contributed by atoms with Gasteiger partial charge in [0.15, 0.2) is 0 Å². The molecule has 0 saturated carbocycles. The Hall–Kier alpha value is -2.82. The van der Waals surface area contributed by atoms with E-state index >= 15 is 0 Å². The third-order valence-electron chi connectivity index (χ3n) is 3.32. The molecular formula is C17H17N3O2. The van der Waals surface area contributed by atoms with Crippen molar-refractivity contribution < 1.29 is 9.53 Å². The molecule has 0 aliphatic carbocycles. The van der Waals surface area contributed by atoms with Gasteiger partial charge in [-0.1, -0.05) is 30.3 Å². The van der Waals surface area contributed by atoms with Crippen molar-refractivity contribution >= 4 is 16.7 Å². The molecule has 0 fully saturated rings. The molecule has 0 saturated heterocycles. The lowest BCUT2D eigenvalue weighted by Gasteiger charge is -2.08. The summed E-state index contributed by atoms with van der Waals surface area (Å²) in [7, 11) is 0. The molecule has 5 heteroatoms. The number of amides is 1. The topological polar surface area (TPSA) is 67.0 Å². The van der Waals surface area contributed by atoms with E-state index in [9.17, 15) is 4.79 Å². The normalized spacial score (nSPS) is 10.6. The van der Waals surface area contributed by atoms with Crippen molar-refractivity contribution in [1.29, 1.82) is 0 Å². The van der Waals surface area contributed by atoms with E-state index in [1.54, 1.807) is 6.07 Å². The van der Waals surface area contributed by atoms with Gasteiger partial charge in [-0.3, -0.25) is 9.89 Å². The monoisotopic (exact) mass is 295 g/mol. The van der Waals surface area contributed by atoms with E-state index in [-0.39, 0.29) is 5.91 Å². The van der Waals surface area contributed by atoms with Crippen LogP contribution in [0.15, 0.2) is 48.5 Å². The van der Waals surface area contributed by atoms with Crippen molar-refractivity contribution in [3.05, 3.63) is 59.9 Å². The number of nitrogens with zero attached hydrogens (tertiary/aromatic N) is 1. The van der Waals surface area contributed by atoms with E-state index in [2.05, 4.69) is 21.6 Å². The number of ether oxygens (including phenoxy) is 1. The van der Waals surface area contributed by atoms with Crippen LogP contribution in [0, 0.1) is 6.92 Å². The van der Waals surface area contributed by atoms with Crippen LogP contribution >= 0.6 is 0 Å². The van der Waals surface area contributed by atoms with Gasteiger partial charge in [0.05, 0.1) is 6.54 Å². The molecule has 1 heterocycles. The van der Waals surface area contributed by atoms with Gasteiger partial charge in [-0.2, -0.15) is 5.10 Å². The van der Waals surface area contributed by atoms with Crippen LogP contribution in [0.3, 0.4) is 0 Å². The maximum atomic E-state index is 11.8. The van der Waals surface area contributed by atoms with Gasteiger partial charge >= 0.3 is 0 Å². The number of aryl methyl sites for hydroxylation is 1. The largest absolute Gasteiger partial charge is 0.492 e. The van der Waals surface area contributed by atoms with Crippen LogP contribution in [0.1, 0.15) is 16.2 Å². The zero-order valence-electron chi connectivity index (χ0n) is 12.3. The zero-order chi connectivity index (χ0) is 15.4. The summed E-state index contributed by atoms with van der Waals surface area (Å²) in [6, 6.07) is 15.8. The average Bonchev–Trinajstić information content (AvgIpc) is 2.98. The molecule has 0 spiro atoms. The minimum Gasteiger partial charge on any atom is -0.492 e. The van der Waals surface area contributed by atoms with Crippen LogP contribution in [-0.2, 0) is 0 Å². The van der Waals surface area contributed by atoms with Crippen molar-refractivity contribution in [2.24, 2.45) is 0 Å². The third-order valence-corrected chi connectivity index (χ3v) is 3.32. The first kappa shape index (κ1) is 14.1. The Morgan fingerprint density at radius 1 is 1.18 bits per heavy atom. The smallest absolute Gasteiger partial charge is 0.271 e. The Morgan fingerprint density at radius 2 is 2.00 bits per heavy atom. The second-order valence-corrected chi connectivity index (χ2v) is 5.05. The highest BCUT2D eigenvalue weighted by Crippen LogP contribution is 2.20. The number of fused-ring (bicyclic) bond motifs is 1. The predicted molar refractivity (Wildman–Crippen MR) is 85.1 cm³/mol. The first-order chi connectivity index (χ1) is 10.7. The molecule has 0 atom stereocenters. The Balaban J connectivity index is 1.51. The minimum absolute atomic E-state index is 0.202. The molecule has 3 rings (SSSR count). The molecule has 112 valence electrons. The fourth-order valence-electron chi connectivity index (χ4n) is 2.22. The number of H-pyrrole nitrogens is 1. The van der Waals surface area contributed by atoms with Gasteiger partial charge in [0, 0.05) is 5.69 Å². The van der Waals surface area contributed by atoms with Gasteiger partial charge in [-0.15, -0.1) is 0 Å². The standard InChI is InChI=1S/C17H17N3O2/c1-12-10-16(20-19-12)17(21)18-8-9-22-15-7-6-13-4-2-3-5-14(13)11-15/h2-7,10-11H,8-9H2,1H3,(H,18,21)(H,19,20). The van der Waals surface area contributed by atoms with Crippen molar-refractivity contribution in [3.63, 3.8) is 0 Å². The molecular weight excluding hydrogens is 278 g/mol. The second kappa shape index (κ2) is 6.30. The number of carbonyl (C=O) groups is 1. The van der Waals surface area contributed by atoms with E-state index in [4.69, 9.17) is 4.74 Å². The number of nitrogens with one attached hydrogen (secondary N) is 2. The highest BCUT2D eigenvalue weighted by molar-refractivity contribution is 5.92. The maximum Gasteiger partial charge on any atom is 0.271 e. The number of hydrogen-bond donors (Lipinski definition) is 2. The highest BCUT2D eigenvalue weighted by atomic mass is 16.5. The summed E-state index contributed by atoms with van der Waals surface area (Å²) in [5, 5.41) is 11.7. The van der Waals surface area contributed by atoms with Crippen LogP contribution in [0.4, 0.5) is 0 Å². The summed E-state index contributed by atoms with van der Waals surface area (Å²) in [4.78, 5) is 11.8. The molecule has 1 aromatic heterocycles. The number of benzene rings is 2. The van der Waals surface area contributed by atoms with Crippen molar-refractivity contribution in [1.82, 2.24) is 15.5 Å². The van der Waals surface area contributed by atoms with Gasteiger partial charge in [-0.05, 0) is 35.9 Å². The summed E-state index contributed by atoms with van der Waals surface area (Å²) < 4.78 is 5.66. The lowest BCUT2D eigenvalue weighted by molar-refractivity contribution is 0.0942. The molecule has 2 aromatic carbocycles. The van der Waals surface area contributed by atoms with Crippen molar-refractivity contribution in [2.45, 2.75) is 6.92 Å². The van der Waals surface area contributed by atoms with Crippen molar-refractivity contribution in [3.8, 4) is 5.75 Å². The summed E-state index contributed by atoms with van der Waals surface area (Å²) >= 11 is 0. The van der Waals surface area contributed by atoms with Crippen LogP contribution < -0.4 is 10.1 Å². The average molecular weight is 295 g/mol. The molecule has 0 aliphatic rings. The fourth-order valence-corrected chi connectivity index (χ4v) is 2.22. The Kier molecular flexibility index (Phi) is 4.05. The molecule has 1 amide bonds. The molecule has 2 N–H and O–H groups in total. The first-order valence-electron chi connectivity index (χ1n) is 7.14. The van der Waals surface area contributed by atoms with Gasteiger partial charge in [0.1, 0.15) is 18.1 Å². The van der Waals surface area contributed by atoms with E-state index in [0.717, 1.165) is 16.8 Å². The molecule has 0 bridgehead atoms. The number of aromatic nitrogens is 2. The summed E-state index contributed by atoms with van der Waals surface area (Å²) in [5.41, 5.74) is 1.25. The summed E-state index contributed by atoms with van der Waals surface area (Å²) in [6.07, 6.45) is 0. The molecule has 5 nitrogen and oxygen atoms in total. The fraction of sp³-hybridized carbons (Fsp3) is 0.176. The quantitative estimate of drug-likeness (QED) is 0.711. The number of hydrogen-bond acceptors (Lipinski definition) is 3.